The first-order chi connectivity index (χ1) is 16.6. The Kier molecular flexibility index (Phi) is 6.43. The minimum Gasteiger partial charge on any atom is -0.342 e. The van der Waals surface area contributed by atoms with Crippen molar-refractivity contribution in [3.8, 4) is 17.1 Å². The van der Waals surface area contributed by atoms with Crippen LogP contribution < -0.4 is 0 Å². The molecule has 7 nitrogen and oxygen atoms in total. The summed E-state index contributed by atoms with van der Waals surface area (Å²) in [5, 5.41) is 4.63. The largest absolute Gasteiger partial charge is 0.342 e. The summed E-state index contributed by atoms with van der Waals surface area (Å²) in [6, 6.07) is 17.8. The molecule has 176 valence electrons. The highest BCUT2D eigenvalue weighted by Crippen LogP contribution is 2.25. The molecule has 1 aromatic heterocycles. The molecule has 3 aromatic rings. The predicted molar refractivity (Wildman–Crippen MR) is 131 cm³/mol. The molecular formula is C27H31N5O2. The fraction of sp³-hybridized carbons (Fsp3) is 0.407. The number of benzene rings is 2. The molecule has 0 atom stereocenters. The van der Waals surface area contributed by atoms with Crippen LogP contribution in [0.25, 0.3) is 17.1 Å². The molecule has 3 heterocycles. The summed E-state index contributed by atoms with van der Waals surface area (Å²) < 4.78 is 1.74. The molecule has 2 amide bonds. The highest BCUT2D eigenvalue weighted by molar-refractivity contribution is 5.91. The standard InChI is InChI=1S/C27H31N5O2/c1-20-10-12-23(13-11-20)32-25(21-8-4-2-5-9-21)28-24(29-32)27(34)31-18-14-22(15-19-31)26(33)30-16-6-3-7-17-30/h2,4-5,8-13,22H,3,6-7,14-19H2,1H3. The molecular weight excluding hydrogens is 426 g/mol. The second kappa shape index (κ2) is 9.79. The van der Waals surface area contributed by atoms with E-state index in [-0.39, 0.29) is 23.6 Å². The molecule has 0 N–H and O–H groups in total. The number of aryl methyl sites for hydroxylation is 1. The van der Waals surface area contributed by atoms with Gasteiger partial charge >= 0.3 is 0 Å². The SMILES string of the molecule is Cc1ccc(-n2nc(C(=O)N3CCC(C(=O)N4CCCCC4)CC3)nc2-c2ccccc2)cc1. The molecule has 2 saturated heterocycles. The number of piperidine rings is 2. The van der Waals surface area contributed by atoms with E-state index in [1.165, 1.54) is 6.42 Å². The van der Waals surface area contributed by atoms with Gasteiger partial charge in [-0.2, -0.15) is 0 Å². The summed E-state index contributed by atoms with van der Waals surface area (Å²) in [5.41, 5.74) is 2.92. The number of hydrogen-bond donors (Lipinski definition) is 0. The van der Waals surface area contributed by atoms with Gasteiger partial charge < -0.3 is 9.80 Å². The van der Waals surface area contributed by atoms with Crippen LogP contribution in [0.2, 0.25) is 0 Å². The summed E-state index contributed by atoms with van der Waals surface area (Å²) in [6.45, 7) is 4.91. The molecule has 2 aromatic carbocycles. The lowest BCUT2D eigenvalue weighted by molar-refractivity contribution is -0.137. The van der Waals surface area contributed by atoms with Gasteiger partial charge in [0.15, 0.2) is 5.82 Å². The maximum atomic E-state index is 13.4. The monoisotopic (exact) mass is 457 g/mol. The van der Waals surface area contributed by atoms with Crippen molar-refractivity contribution in [2.75, 3.05) is 26.2 Å². The van der Waals surface area contributed by atoms with E-state index in [0.29, 0.717) is 31.8 Å². The first-order valence-electron chi connectivity index (χ1n) is 12.3. The summed E-state index contributed by atoms with van der Waals surface area (Å²) >= 11 is 0. The average molecular weight is 458 g/mol. The van der Waals surface area contributed by atoms with Gasteiger partial charge in [-0.3, -0.25) is 9.59 Å². The zero-order valence-corrected chi connectivity index (χ0v) is 19.7. The smallest absolute Gasteiger partial charge is 0.293 e. The lowest BCUT2D eigenvalue weighted by Gasteiger charge is -2.35. The molecule has 0 aliphatic carbocycles. The van der Waals surface area contributed by atoms with Crippen molar-refractivity contribution in [3.05, 3.63) is 66.0 Å². The Morgan fingerprint density at radius 1 is 0.824 bits per heavy atom. The van der Waals surface area contributed by atoms with Crippen molar-refractivity contribution in [1.29, 1.82) is 0 Å². The molecule has 0 unspecified atom stereocenters. The van der Waals surface area contributed by atoms with Crippen LogP contribution in [-0.2, 0) is 4.79 Å². The predicted octanol–water partition coefficient (Wildman–Crippen LogP) is 4.11. The lowest BCUT2D eigenvalue weighted by atomic mass is 9.94. The molecule has 5 rings (SSSR count). The lowest BCUT2D eigenvalue weighted by Crippen LogP contribution is -2.45. The highest BCUT2D eigenvalue weighted by atomic mass is 16.2. The van der Waals surface area contributed by atoms with E-state index in [9.17, 15) is 9.59 Å². The number of nitrogens with zero attached hydrogens (tertiary/aromatic N) is 5. The molecule has 2 fully saturated rings. The van der Waals surface area contributed by atoms with Gasteiger partial charge in [-0.1, -0.05) is 48.0 Å². The van der Waals surface area contributed by atoms with Gasteiger partial charge in [-0.25, -0.2) is 9.67 Å². The van der Waals surface area contributed by atoms with E-state index in [1.807, 2.05) is 66.4 Å². The maximum absolute atomic E-state index is 13.4. The third-order valence-corrected chi connectivity index (χ3v) is 6.91. The summed E-state index contributed by atoms with van der Waals surface area (Å²) in [6.07, 6.45) is 4.81. The zero-order chi connectivity index (χ0) is 23.5. The van der Waals surface area contributed by atoms with Crippen molar-refractivity contribution in [3.63, 3.8) is 0 Å². The molecule has 0 bridgehead atoms. The van der Waals surface area contributed by atoms with E-state index in [4.69, 9.17) is 0 Å². The van der Waals surface area contributed by atoms with Crippen LogP contribution in [0.3, 0.4) is 0 Å². The molecule has 0 spiro atoms. The number of hydrogen-bond acceptors (Lipinski definition) is 4. The van der Waals surface area contributed by atoms with Gasteiger partial charge in [0.2, 0.25) is 11.7 Å². The van der Waals surface area contributed by atoms with E-state index >= 15 is 0 Å². The van der Waals surface area contributed by atoms with Crippen molar-refractivity contribution in [2.24, 2.45) is 5.92 Å². The van der Waals surface area contributed by atoms with Crippen LogP contribution >= 0.6 is 0 Å². The quantitative estimate of drug-likeness (QED) is 0.591. The van der Waals surface area contributed by atoms with Gasteiger partial charge in [-0.15, -0.1) is 5.10 Å². The van der Waals surface area contributed by atoms with Crippen molar-refractivity contribution < 1.29 is 9.59 Å². The van der Waals surface area contributed by atoms with E-state index in [1.54, 1.807) is 9.58 Å². The van der Waals surface area contributed by atoms with Gasteiger partial charge in [-0.05, 0) is 51.2 Å². The second-order valence-electron chi connectivity index (χ2n) is 9.32. The fourth-order valence-corrected chi connectivity index (χ4v) is 4.89. The van der Waals surface area contributed by atoms with E-state index in [0.717, 1.165) is 42.7 Å². The van der Waals surface area contributed by atoms with Crippen molar-refractivity contribution in [1.82, 2.24) is 24.6 Å². The number of carbonyl (C=O) groups is 2. The van der Waals surface area contributed by atoms with Crippen molar-refractivity contribution in [2.45, 2.75) is 39.0 Å². The third-order valence-electron chi connectivity index (χ3n) is 6.91. The van der Waals surface area contributed by atoms with Gasteiger partial charge in [0.05, 0.1) is 5.69 Å². The van der Waals surface area contributed by atoms with Gasteiger partial charge in [0.25, 0.3) is 5.91 Å². The van der Waals surface area contributed by atoms with Crippen LogP contribution in [0.15, 0.2) is 54.6 Å². The average Bonchev–Trinajstić information content (AvgIpc) is 3.35. The first kappa shape index (κ1) is 22.3. The molecule has 2 aliphatic heterocycles. The first-order valence-corrected chi connectivity index (χ1v) is 12.3. The van der Waals surface area contributed by atoms with Crippen LogP contribution in [0.5, 0.6) is 0 Å². The summed E-state index contributed by atoms with van der Waals surface area (Å²) in [7, 11) is 0. The highest BCUT2D eigenvalue weighted by Gasteiger charge is 2.32. The summed E-state index contributed by atoms with van der Waals surface area (Å²) in [5.74, 6) is 0.940. The van der Waals surface area contributed by atoms with Crippen LogP contribution in [-0.4, -0.2) is 62.6 Å². The minimum atomic E-state index is -0.174. The molecule has 34 heavy (non-hydrogen) atoms. The van der Waals surface area contributed by atoms with Crippen molar-refractivity contribution >= 4 is 11.8 Å². The number of amides is 2. The van der Waals surface area contributed by atoms with Gasteiger partial charge in [0.1, 0.15) is 0 Å². The van der Waals surface area contributed by atoms with Gasteiger partial charge in [0, 0.05) is 37.7 Å². The number of rotatable bonds is 4. The Hall–Kier alpha value is -3.48. The Bertz CT molecular complexity index is 1140. The second-order valence-corrected chi connectivity index (χ2v) is 9.32. The van der Waals surface area contributed by atoms with Crippen LogP contribution in [0, 0.1) is 12.8 Å². The molecule has 0 radical (unpaired) electrons. The number of carbonyl (C=O) groups excluding carboxylic acids is 2. The molecule has 0 saturated carbocycles. The van der Waals surface area contributed by atoms with E-state index in [2.05, 4.69) is 10.1 Å². The number of aromatic nitrogens is 3. The summed E-state index contributed by atoms with van der Waals surface area (Å²) in [4.78, 5) is 34.7. The molecule has 7 heteroatoms. The van der Waals surface area contributed by atoms with E-state index < -0.39 is 0 Å². The third kappa shape index (κ3) is 4.60. The number of likely N-dealkylation sites (tertiary alicyclic amines) is 2. The Morgan fingerprint density at radius 3 is 2.18 bits per heavy atom. The minimum absolute atomic E-state index is 0.0140. The Labute approximate surface area is 200 Å². The fourth-order valence-electron chi connectivity index (χ4n) is 4.89. The maximum Gasteiger partial charge on any atom is 0.293 e. The molecule has 2 aliphatic rings. The topological polar surface area (TPSA) is 71.3 Å². The van der Waals surface area contributed by atoms with Crippen LogP contribution in [0.4, 0.5) is 0 Å². The zero-order valence-electron chi connectivity index (χ0n) is 19.7. The Morgan fingerprint density at radius 2 is 1.50 bits per heavy atom. The Balaban J connectivity index is 1.34. The van der Waals surface area contributed by atoms with Crippen LogP contribution in [0.1, 0.15) is 48.3 Å². The normalized spacial score (nSPS) is 17.1.